The first-order valence-corrected chi connectivity index (χ1v) is 4.51. The smallest absolute Gasteiger partial charge is 0.316 e. The van der Waals surface area contributed by atoms with Gasteiger partial charge in [0.15, 0.2) is 5.76 Å². The number of aliphatic hydroxyl groups is 1. The first kappa shape index (κ1) is 8.56. The van der Waals surface area contributed by atoms with Crippen LogP contribution in [0.25, 0.3) is 0 Å². The molecule has 1 aliphatic carbocycles. The first-order valence-electron chi connectivity index (χ1n) is 4.51. The van der Waals surface area contributed by atoms with Crippen molar-refractivity contribution in [3.8, 4) is 0 Å². The van der Waals surface area contributed by atoms with Crippen molar-refractivity contribution in [2.75, 3.05) is 13.2 Å². The van der Waals surface area contributed by atoms with Crippen LogP contribution in [0.3, 0.4) is 0 Å². The van der Waals surface area contributed by atoms with E-state index in [-0.39, 0.29) is 25.1 Å². The van der Waals surface area contributed by atoms with Crippen molar-refractivity contribution in [3.63, 3.8) is 0 Å². The molecule has 4 heteroatoms. The minimum Gasteiger partial charge on any atom is -0.463 e. The third-order valence-electron chi connectivity index (χ3n) is 2.30. The molecule has 0 bridgehead atoms. The Kier molecular flexibility index (Phi) is 2.22. The number of allylic oxidation sites excluding steroid dienone is 1. The molecule has 0 saturated carbocycles. The van der Waals surface area contributed by atoms with Crippen LogP contribution in [0.2, 0.25) is 0 Å². The second-order valence-corrected chi connectivity index (χ2v) is 3.23. The molecule has 0 aromatic rings. The summed E-state index contributed by atoms with van der Waals surface area (Å²) < 4.78 is 9.99. The Balaban J connectivity index is 1.89. The lowest BCUT2D eigenvalue weighted by Crippen LogP contribution is -2.19. The summed E-state index contributed by atoms with van der Waals surface area (Å²) in [6.45, 7) is -0.0385. The van der Waals surface area contributed by atoms with Crippen LogP contribution in [0.15, 0.2) is 11.5 Å². The summed E-state index contributed by atoms with van der Waals surface area (Å²) in [5, 5.41) is 8.47. The van der Waals surface area contributed by atoms with Gasteiger partial charge in [0, 0.05) is 6.42 Å². The number of hydrogen-bond acceptors (Lipinski definition) is 4. The van der Waals surface area contributed by atoms with E-state index in [9.17, 15) is 4.79 Å². The highest BCUT2D eigenvalue weighted by molar-refractivity contribution is 5.76. The minimum absolute atomic E-state index is 0.0813. The maximum Gasteiger partial charge on any atom is 0.316 e. The molecule has 2 aliphatic rings. The number of ether oxygens (including phenoxy) is 2. The lowest BCUT2D eigenvalue weighted by Gasteiger charge is -2.11. The zero-order valence-electron chi connectivity index (χ0n) is 7.28. The van der Waals surface area contributed by atoms with Gasteiger partial charge >= 0.3 is 5.97 Å². The van der Waals surface area contributed by atoms with Gasteiger partial charge in [-0.15, -0.1) is 0 Å². The summed E-state index contributed by atoms with van der Waals surface area (Å²) in [6, 6.07) is 0. The summed E-state index contributed by atoms with van der Waals surface area (Å²) in [6.07, 6.45) is 2.75. The predicted molar refractivity (Wildman–Crippen MR) is 43.5 cm³/mol. The summed E-state index contributed by atoms with van der Waals surface area (Å²) >= 11 is 0. The average molecular weight is 184 g/mol. The van der Waals surface area contributed by atoms with E-state index in [1.807, 2.05) is 0 Å². The Morgan fingerprint density at radius 1 is 1.69 bits per heavy atom. The van der Waals surface area contributed by atoms with Gasteiger partial charge < -0.3 is 14.6 Å². The van der Waals surface area contributed by atoms with Crippen molar-refractivity contribution in [1.82, 2.24) is 0 Å². The monoisotopic (exact) mass is 184 g/mol. The van der Waals surface area contributed by atoms with Gasteiger partial charge in [0.25, 0.3) is 0 Å². The Morgan fingerprint density at radius 2 is 2.54 bits per heavy atom. The maximum absolute atomic E-state index is 11.3. The number of carbonyl (C=O) groups excluding carboxylic acids is 1. The van der Waals surface area contributed by atoms with E-state index < -0.39 is 0 Å². The highest BCUT2D eigenvalue weighted by atomic mass is 16.6. The van der Waals surface area contributed by atoms with E-state index in [1.165, 1.54) is 0 Å². The fraction of sp³-hybridized carbons (Fsp3) is 0.667. The van der Waals surface area contributed by atoms with E-state index in [2.05, 4.69) is 0 Å². The molecule has 1 heterocycles. The SMILES string of the molecule is O=C(OCCO)C1CCCC2=C1O2. The van der Waals surface area contributed by atoms with E-state index >= 15 is 0 Å². The third-order valence-corrected chi connectivity index (χ3v) is 2.30. The lowest BCUT2D eigenvalue weighted by molar-refractivity contribution is -0.148. The topological polar surface area (TPSA) is 59.1 Å². The number of esters is 1. The molecule has 1 aliphatic heterocycles. The molecule has 0 amide bonds. The van der Waals surface area contributed by atoms with Crippen LogP contribution in [-0.4, -0.2) is 24.3 Å². The molecule has 4 nitrogen and oxygen atoms in total. The van der Waals surface area contributed by atoms with Crippen LogP contribution in [-0.2, 0) is 14.3 Å². The van der Waals surface area contributed by atoms with Gasteiger partial charge in [-0.2, -0.15) is 0 Å². The molecule has 0 spiro atoms. The van der Waals surface area contributed by atoms with Crippen LogP contribution in [0.4, 0.5) is 0 Å². The Hall–Kier alpha value is -1.03. The zero-order chi connectivity index (χ0) is 9.26. The van der Waals surface area contributed by atoms with Crippen molar-refractivity contribution in [2.45, 2.75) is 19.3 Å². The van der Waals surface area contributed by atoms with E-state index in [1.54, 1.807) is 0 Å². The fourth-order valence-electron chi connectivity index (χ4n) is 1.62. The van der Waals surface area contributed by atoms with Gasteiger partial charge in [0.1, 0.15) is 18.3 Å². The number of carbonyl (C=O) groups is 1. The molecule has 2 rings (SSSR count). The second-order valence-electron chi connectivity index (χ2n) is 3.23. The molecule has 0 saturated heterocycles. The molecule has 1 atom stereocenters. The van der Waals surface area contributed by atoms with E-state index in [4.69, 9.17) is 14.6 Å². The van der Waals surface area contributed by atoms with E-state index in [0.717, 1.165) is 30.8 Å². The van der Waals surface area contributed by atoms with Gasteiger partial charge in [0.2, 0.25) is 0 Å². The van der Waals surface area contributed by atoms with Gasteiger partial charge in [0.05, 0.1) is 6.61 Å². The Labute approximate surface area is 76.1 Å². The lowest BCUT2D eigenvalue weighted by atomic mass is 9.96. The molecular formula is C9H12O4. The number of hydrogen-bond donors (Lipinski definition) is 1. The predicted octanol–water partition coefficient (Wildman–Crippen LogP) is 0.564. The van der Waals surface area contributed by atoms with Crippen LogP contribution in [0.1, 0.15) is 19.3 Å². The maximum atomic E-state index is 11.3. The minimum atomic E-state index is -0.265. The largest absolute Gasteiger partial charge is 0.463 e. The molecule has 1 N–H and O–H groups in total. The summed E-state index contributed by atoms with van der Waals surface area (Å²) in [5.74, 6) is 1.32. The van der Waals surface area contributed by atoms with Gasteiger partial charge in [-0.25, -0.2) is 0 Å². The fourth-order valence-corrected chi connectivity index (χ4v) is 1.62. The standard InChI is InChI=1S/C9H12O4/c10-4-5-12-9(11)6-2-1-3-7-8(6)13-7/h6,10H,1-5H2. The summed E-state index contributed by atoms with van der Waals surface area (Å²) in [7, 11) is 0. The molecule has 13 heavy (non-hydrogen) atoms. The number of aliphatic hydroxyl groups excluding tert-OH is 1. The van der Waals surface area contributed by atoms with Crippen LogP contribution in [0.5, 0.6) is 0 Å². The van der Waals surface area contributed by atoms with E-state index in [0.29, 0.717) is 0 Å². The van der Waals surface area contributed by atoms with Crippen molar-refractivity contribution < 1.29 is 19.4 Å². The normalized spacial score (nSPS) is 24.8. The molecule has 1 unspecified atom stereocenters. The van der Waals surface area contributed by atoms with Crippen LogP contribution in [0, 0.1) is 5.92 Å². The molecule has 0 aromatic heterocycles. The van der Waals surface area contributed by atoms with Gasteiger partial charge in [-0.05, 0) is 12.8 Å². The highest BCUT2D eigenvalue weighted by Gasteiger charge is 2.41. The molecule has 0 fully saturated rings. The van der Waals surface area contributed by atoms with Gasteiger partial charge in [-0.3, -0.25) is 4.79 Å². The summed E-state index contributed by atoms with van der Waals surface area (Å²) in [5.41, 5.74) is 0. The molecule has 72 valence electrons. The van der Waals surface area contributed by atoms with Crippen LogP contribution >= 0.6 is 0 Å². The Morgan fingerprint density at radius 3 is 3.31 bits per heavy atom. The second kappa shape index (κ2) is 3.38. The van der Waals surface area contributed by atoms with Crippen LogP contribution < -0.4 is 0 Å². The molecule has 0 aromatic carbocycles. The zero-order valence-corrected chi connectivity index (χ0v) is 7.28. The highest BCUT2D eigenvalue weighted by Crippen LogP contribution is 2.43. The summed E-state index contributed by atoms with van der Waals surface area (Å²) in [4.78, 5) is 11.3. The molecule has 0 radical (unpaired) electrons. The first-order chi connectivity index (χ1) is 6.33. The third kappa shape index (κ3) is 1.67. The molecular weight excluding hydrogens is 172 g/mol. The van der Waals surface area contributed by atoms with Crippen molar-refractivity contribution in [2.24, 2.45) is 5.92 Å². The van der Waals surface area contributed by atoms with Crippen molar-refractivity contribution in [3.05, 3.63) is 11.5 Å². The van der Waals surface area contributed by atoms with Gasteiger partial charge in [-0.1, -0.05) is 0 Å². The average Bonchev–Trinajstić information content (AvgIpc) is 2.92. The van der Waals surface area contributed by atoms with Crippen molar-refractivity contribution in [1.29, 1.82) is 0 Å². The number of rotatable bonds is 3. The van der Waals surface area contributed by atoms with Crippen molar-refractivity contribution >= 4 is 5.97 Å². The quantitative estimate of drug-likeness (QED) is 0.651. The Bertz CT molecular complexity index is 256.